The standard InChI is InChI=1S/C16H26N4OS/c1-2-17-16(20-8-3-14(21)12-20)18-6-9-19-7-4-15-13(11-19)5-10-22-15/h5,10,14,21H,2-4,6-9,11-12H2,1H3,(H,17,18)/t14-/m1/s1. The van der Waals surface area contributed by atoms with E-state index in [4.69, 9.17) is 4.99 Å². The second-order valence-electron chi connectivity index (χ2n) is 6.02. The quantitative estimate of drug-likeness (QED) is 0.645. The lowest BCUT2D eigenvalue weighted by atomic mass is 10.1. The van der Waals surface area contributed by atoms with Crippen molar-refractivity contribution in [2.24, 2.45) is 4.99 Å². The number of hydrogen-bond donors (Lipinski definition) is 2. The zero-order valence-corrected chi connectivity index (χ0v) is 14.1. The van der Waals surface area contributed by atoms with Gasteiger partial charge in [0.2, 0.25) is 0 Å². The predicted molar refractivity (Wildman–Crippen MR) is 91.5 cm³/mol. The van der Waals surface area contributed by atoms with Crippen LogP contribution >= 0.6 is 11.3 Å². The number of nitrogens with zero attached hydrogens (tertiary/aromatic N) is 3. The molecule has 0 unspecified atom stereocenters. The Morgan fingerprint density at radius 3 is 3.18 bits per heavy atom. The minimum atomic E-state index is -0.206. The van der Waals surface area contributed by atoms with Gasteiger partial charge in [0.15, 0.2) is 5.96 Å². The van der Waals surface area contributed by atoms with E-state index in [1.807, 2.05) is 11.3 Å². The molecule has 1 saturated heterocycles. The molecule has 1 aromatic heterocycles. The molecule has 1 atom stereocenters. The first-order valence-corrected chi connectivity index (χ1v) is 9.13. The lowest BCUT2D eigenvalue weighted by molar-refractivity contribution is 0.187. The summed E-state index contributed by atoms with van der Waals surface area (Å²) in [6, 6.07) is 2.26. The molecule has 5 nitrogen and oxygen atoms in total. The van der Waals surface area contributed by atoms with Crippen LogP contribution in [0.25, 0.3) is 0 Å². The van der Waals surface area contributed by atoms with Crippen molar-refractivity contribution in [2.75, 3.05) is 39.3 Å². The van der Waals surface area contributed by atoms with Crippen molar-refractivity contribution in [1.29, 1.82) is 0 Å². The highest BCUT2D eigenvalue weighted by Crippen LogP contribution is 2.23. The molecule has 3 heterocycles. The van der Waals surface area contributed by atoms with Crippen molar-refractivity contribution in [3.8, 4) is 0 Å². The molecule has 0 amide bonds. The van der Waals surface area contributed by atoms with Crippen LogP contribution in [0, 0.1) is 0 Å². The van der Waals surface area contributed by atoms with E-state index in [9.17, 15) is 5.11 Å². The highest BCUT2D eigenvalue weighted by atomic mass is 32.1. The van der Waals surface area contributed by atoms with E-state index in [0.29, 0.717) is 6.54 Å². The first-order valence-electron chi connectivity index (χ1n) is 8.25. The Balaban J connectivity index is 1.51. The fourth-order valence-corrected chi connectivity index (χ4v) is 4.04. The molecule has 0 saturated carbocycles. The third-order valence-corrected chi connectivity index (χ3v) is 5.39. The zero-order chi connectivity index (χ0) is 15.4. The fraction of sp³-hybridized carbons (Fsp3) is 0.688. The maximum absolute atomic E-state index is 9.69. The molecule has 1 aromatic rings. The van der Waals surface area contributed by atoms with Gasteiger partial charge in [0.25, 0.3) is 0 Å². The van der Waals surface area contributed by atoms with Crippen LogP contribution in [-0.2, 0) is 13.0 Å². The molecule has 0 spiro atoms. The molecule has 6 heteroatoms. The summed E-state index contributed by atoms with van der Waals surface area (Å²) >= 11 is 1.89. The molecule has 0 aliphatic carbocycles. The molecular formula is C16H26N4OS. The molecule has 0 bridgehead atoms. The molecule has 0 radical (unpaired) electrons. The number of hydrogen-bond acceptors (Lipinski definition) is 4. The Hall–Kier alpha value is -1.11. The lowest BCUT2D eigenvalue weighted by Gasteiger charge is -2.26. The number of thiophene rings is 1. The van der Waals surface area contributed by atoms with E-state index >= 15 is 0 Å². The van der Waals surface area contributed by atoms with Crippen molar-refractivity contribution in [3.63, 3.8) is 0 Å². The van der Waals surface area contributed by atoms with E-state index in [0.717, 1.165) is 51.6 Å². The number of nitrogens with one attached hydrogen (secondary N) is 1. The molecule has 2 N–H and O–H groups in total. The maximum atomic E-state index is 9.69. The molecule has 2 aliphatic heterocycles. The fourth-order valence-electron chi connectivity index (χ4n) is 3.16. The average molecular weight is 322 g/mol. The first kappa shape index (κ1) is 15.8. The zero-order valence-electron chi connectivity index (χ0n) is 13.3. The number of aliphatic imine (C=N–C) groups is 1. The summed E-state index contributed by atoms with van der Waals surface area (Å²) in [6.07, 6.45) is 1.81. The van der Waals surface area contributed by atoms with Gasteiger partial charge < -0.3 is 15.3 Å². The van der Waals surface area contributed by atoms with Crippen molar-refractivity contribution in [3.05, 3.63) is 21.9 Å². The lowest BCUT2D eigenvalue weighted by Crippen LogP contribution is -2.41. The van der Waals surface area contributed by atoms with Gasteiger partial charge in [-0.05, 0) is 36.8 Å². The second kappa shape index (κ2) is 7.44. The largest absolute Gasteiger partial charge is 0.391 e. The topological polar surface area (TPSA) is 51.1 Å². The summed E-state index contributed by atoms with van der Waals surface area (Å²) in [7, 11) is 0. The molecule has 3 rings (SSSR count). The average Bonchev–Trinajstić information content (AvgIpc) is 3.14. The maximum Gasteiger partial charge on any atom is 0.194 e. The Morgan fingerprint density at radius 1 is 1.50 bits per heavy atom. The number of rotatable bonds is 4. The van der Waals surface area contributed by atoms with E-state index in [1.165, 1.54) is 12.0 Å². The number of aliphatic hydroxyl groups is 1. The number of fused-ring (bicyclic) bond motifs is 1. The van der Waals surface area contributed by atoms with E-state index in [1.54, 1.807) is 4.88 Å². The third kappa shape index (κ3) is 3.80. The van der Waals surface area contributed by atoms with Gasteiger partial charge in [0.05, 0.1) is 12.6 Å². The van der Waals surface area contributed by atoms with Crippen LogP contribution in [0.4, 0.5) is 0 Å². The molecule has 2 aliphatic rings. The van der Waals surface area contributed by atoms with E-state index in [-0.39, 0.29) is 6.10 Å². The highest BCUT2D eigenvalue weighted by Gasteiger charge is 2.23. The second-order valence-corrected chi connectivity index (χ2v) is 7.02. The number of β-amino-alcohol motifs (C(OH)–C–C–N with tert-alkyl or cyclic N) is 1. The van der Waals surface area contributed by atoms with Crippen LogP contribution in [0.5, 0.6) is 0 Å². The van der Waals surface area contributed by atoms with Crippen LogP contribution in [0.15, 0.2) is 16.4 Å². The van der Waals surface area contributed by atoms with Gasteiger partial charge in [-0.3, -0.25) is 9.89 Å². The van der Waals surface area contributed by atoms with Crippen molar-refractivity contribution < 1.29 is 5.11 Å². The van der Waals surface area contributed by atoms with Crippen LogP contribution < -0.4 is 5.32 Å². The number of aliphatic hydroxyl groups excluding tert-OH is 1. The SMILES string of the molecule is CCNC(=NCCN1CCc2sccc2C1)N1CC[C@@H](O)C1. The summed E-state index contributed by atoms with van der Waals surface area (Å²) < 4.78 is 0. The van der Waals surface area contributed by atoms with Gasteiger partial charge in [-0.15, -0.1) is 11.3 Å². The van der Waals surface area contributed by atoms with Crippen molar-refractivity contribution in [1.82, 2.24) is 15.1 Å². The summed E-state index contributed by atoms with van der Waals surface area (Å²) in [5, 5.41) is 15.2. The minimum Gasteiger partial charge on any atom is -0.391 e. The molecule has 0 aromatic carbocycles. The molecule has 122 valence electrons. The van der Waals surface area contributed by atoms with Crippen LogP contribution in [-0.4, -0.2) is 66.2 Å². The number of likely N-dealkylation sites (tertiary alicyclic amines) is 1. The first-order chi connectivity index (χ1) is 10.8. The van der Waals surface area contributed by atoms with Gasteiger partial charge in [-0.2, -0.15) is 0 Å². The summed E-state index contributed by atoms with van der Waals surface area (Å²) in [4.78, 5) is 11.0. The van der Waals surface area contributed by atoms with E-state index < -0.39 is 0 Å². The Kier molecular flexibility index (Phi) is 5.33. The Morgan fingerprint density at radius 2 is 2.41 bits per heavy atom. The Bertz CT molecular complexity index is 516. The summed E-state index contributed by atoms with van der Waals surface area (Å²) in [5.74, 6) is 0.951. The predicted octanol–water partition coefficient (Wildman–Crippen LogP) is 1.14. The third-order valence-electron chi connectivity index (χ3n) is 4.36. The van der Waals surface area contributed by atoms with Gasteiger partial charge in [0.1, 0.15) is 0 Å². The molecular weight excluding hydrogens is 296 g/mol. The van der Waals surface area contributed by atoms with Crippen molar-refractivity contribution in [2.45, 2.75) is 32.4 Å². The summed E-state index contributed by atoms with van der Waals surface area (Å²) in [5.41, 5.74) is 1.50. The molecule has 22 heavy (non-hydrogen) atoms. The van der Waals surface area contributed by atoms with Gasteiger partial charge in [-0.25, -0.2) is 0 Å². The van der Waals surface area contributed by atoms with E-state index in [2.05, 4.69) is 33.5 Å². The van der Waals surface area contributed by atoms with Crippen LogP contribution in [0.2, 0.25) is 0 Å². The normalized spacial score (nSPS) is 22.9. The van der Waals surface area contributed by atoms with Gasteiger partial charge >= 0.3 is 0 Å². The van der Waals surface area contributed by atoms with Crippen LogP contribution in [0.3, 0.4) is 0 Å². The van der Waals surface area contributed by atoms with Gasteiger partial charge in [-0.1, -0.05) is 0 Å². The number of guanidine groups is 1. The van der Waals surface area contributed by atoms with Gasteiger partial charge in [0, 0.05) is 44.1 Å². The Labute approximate surface area is 136 Å². The van der Waals surface area contributed by atoms with Crippen molar-refractivity contribution >= 4 is 17.3 Å². The molecule has 1 fully saturated rings. The van der Waals surface area contributed by atoms with Crippen LogP contribution in [0.1, 0.15) is 23.8 Å². The monoisotopic (exact) mass is 322 g/mol. The summed E-state index contributed by atoms with van der Waals surface area (Å²) in [6.45, 7) is 8.57. The smallest absolute Gasteiger partial charge is 0.194 e. The minimum absolute atomic E-state index is 0.206. The highest BCUT2D eigenvalue weighted by molar-refractivity contribution is 7.10.